The Morgan fingerprint density at radius 1 is 0.966 bits per heavy atom. The average molecular weight is 828 g/mol. The number of esters is 1. The predicted octanol–water partition coefficient (Wildman–Crippen LogP) is 9.60. The molecule has 6 rings (SSSR count). The van der Waals surface area contributed by atoms with Crippen molar-refractivity contribution in [1.82, 2.24) is 9.80 Å². The number of allylic oxidation sites excluding steroid dienone is 1. The van der Waals surface area contributed by atoms with Gasteiger partial charge >= 0.3 is 11.9 Å². The van der Waals surface area contributed by atoms with Crippen LogP contribution < -0.4 is 0 Å². The topological polar surface area (TPSA) is 107 Å². The summed E-state index contributed by atoms with van der Waals surface area (Å²) in [6.45, 7) is 21.5. The van der Waals surface area contributed by atoms with Crippen LogP contribution in [0, 0.1) is 62.0 Å². The molecule has 324 valence electrons. The maximum atomic E-state index is 15.3. The molecule has 5 aliphatic carbocycles. The van der Waals surface area contributed by atoms with E-state index in [0.29, 0.717) is 43.5 Å². The number of carboxylic acid groups (broad SMARTS) is 1. The number of aliphatic hydroxyl groups is 1. The van der Waals surface area contributed by atoms with E-state index in [4.69, 9.17) is 16.3 Å². The molecule has 5 aliphatic rings. The van der Waals surface area contributed by atoms with Crippen LogP contribution in [-0.2, 0) is 25.7 Å². The van der Waals surface area contributed by atoms with Crippen molar-refractivity contribution in [1.29, 1.82) is 0 Å². The number of fused-ring (bicyclic) bond motifs is 7. The van der Waals surface area contributed by atoms with Crippen molar-refractivity contribution in [2.24, 2.45) is 56.2 Å². The molecule has 0 spiro atoms. The van der Waals surface area contributed by atoms with Gasteiger partial charge in [0, 0.05) is 49.0 Å². The van der Waals surface area contributed by atoms with Gasteiger partial charge in [-0.3, -0.25) is 19.3 Å². The van der Waals surface area contributed by atoms with Crippen LogP contribution >= 0.6 is 11.6 Å². The fourth-order valence-corrected chi connectivity index (χ4v) is 14.0. The minimum absolute atomic E-state index is 0.00797. The third kappa shape index (κ3) is 7.42. The smallest absolute Gasteiger partial charge is 0.309 e. The zero-order valence-electron chi connectivity index (χ0n) is 37.3. The fraction of sp³-hybridized carbons (Fsp3) is 0.771. The highest BCUT2D eigenvalue weighted by Crippen LogP contribution is 2.77. The lowest BCUT2D eigenvalue weighted by atomic mass is 9.33. The van der Waals surface area contributed by atoms with E-state index in [1.54, 1.807) is 32.0 Å². The molecular weight excluding hydrogens is 755 g/mol. The van der Waals surface area contributed by atoms with Gasteiger partial charge in [-0.15, -0.1) is 0 Å². The number of aliphatic hydroxyl groups excluding tert-OH is 1. The van der Waals surface area contributed by atoms with Gasteiger partial charge < -0.3 is 19.8 Å². The van der Waals surface area contributed by atoms with Gasteiger partial charge in [0.05, 0.1) is 23.0 Å². The first-order valence-corrected chi connectivity index (χ1v) is 22.4. The molecule has 1 aromatic carbocycles. The molecule has 0 aliphatic heterocycles. The maximum absolute atomic E-state index is 15.3. The zero-order valence-corrected chi connectivity index (χ0v) is 38.0. The van der Waals surface area contributed by atoms with Gasteiger partial charge in [0.15, 0.2) is 5.78 Å². The second kappa shape index (κ2) is 15.9. The van der Waals surface area contributed by atoms with Crippen LogP contribution in [0.15, 0.2) is 29.3 Å². The Kier molecular flexibility index (Phi) is 12.4. The Bertz CT molecular complexity index is 1810. The molecule has 58 heavy (non-hydrogen) atoms. The van der Waals surface area contributed by atoms with Crippen LogP contribution in [0.4, 0.5) is 4.39 Å². The van der Waals surface area contributed by atoms with E-state index < -0.39 is 34.7 Å². The summed E-state index contributed by atoms with van der Waals surface area (Å²) in [5.74, 6) is -0.702. The standard InChI is InChI=1S/C48H72ClFN2O6/c1-29(2)39-33(53)25-48(36(54)28-52(24-23-51(10)11)27-30-13-12-14-32(49)41(30)50)22-21-46(8)31(40(39)48)15-16-35-45(7)19-18-37(58-38(55)26-43(3,4)42(56)57)44(5,6)34(45)17-20-47(35,46)9/h12-14,29,31,34-37,54H,15-28H2,1-11H3,(H,56,57)/t31-,34?,35-,36-,37+,45+,46-,47-,48+/m1/s1. The molecule has 4 fully saturated rings. The normalized spacial score (nSPS) is 35.1. The lowest BCUT2D eigenvalue weighted by molar-refractivity contribution is -0.235. The molecule has 0 saturated heterocycles. The van der Waals surface area contributed by atoms with Crippen LogP contribution in [0.25, 0.3) is 0 Å². The number of nitrogens with zero attached hydrogens (tertiary/aromatic N) is 2. The number of Topliss-reactive ketones (excluding diaryl/α,β-unsaturated/α-hetero) is 1. The summed E-state index contributed by atoms with van der Waals surface area (Å²) in [6, 6.07) is 5.09. The summed E-state index contributed by atoms with van der Waals surface area (Å²) in [5.41, 5.74) is 0.465. The monoisotopic (exact) mass is 827 g/mol. The van der Waals surface area contributed by atoms with Crippen molar-refractivity contribution in [2.75, 3.05) is 33.7 Å². The van der Waals surface area contributed by atoms with Gasteiger partial charge in [0.1, 0.15) is 11.9 Å². The van der Waals surface area contributed by atoms with E-state index in [1.807, 2.05) is 14.1 Å². The Morgan fingerprint density at radius 3 is 2.29 bits per heavy atom. The summed E-state index contributed by atoms with van der Waals surface area (Å²) in [7, 11) is 4.02. The Labute approximate surface area is 352 Å². The second-order valence-electron chi connectivity index (χ2n) is 21.8. The van der Waals surface area contributed by atoms with Gasteiger partial charge in [-0.05, 0) is 131 Å². The molecule has 0 amide bonds. The molecule has 8 nitrogen and oxygen atoms in total. The summed E-state index contributed by atoms with van der Waals surface area (Å²) < 4.78 is 21.4. The van der Waals surface area contributed by atoms with Crippen LogP contribution in [-0.4, -0.2) is 83.7 Å². The first-order valence-electron chi connectivity index (χ1n) is 22.0. The lowest BCUT2D eigenvalue weighted by Gasteiger charge is -2.72. The summed E-state index contributed by atoms with van der Waals surface area (Å²) in [5, 5.41) is 22.4. The van der Waals surface area contributed by atoms with Crippen LogP contribution in [0.3, 0.4) is 0 Å². The van der Waals surface area contributed by atoms with Crippen LogP contribution in [0.2, 0.25) is 5.02 Å². The number of carboxylic acids is 1. The number of ketones is 1. The van der Waals surface area contributed by atoms with Gasteiger partial charge in [0.2, 0.25) is 0 Å². The van der Waals surface area contributed by atoms with E-state index in [1.165, 1.54) is 5.57 Å². The molecule has 0 bridgehead atoms. The Balaban J connectivity index is 1.29. The zero-order chi connectivity index (χ0) is 43.0. The molecule has 10 heteroatoms. The Hall–Kier alpha value is -2.33. The highest BCUT2D eigenvalue weighted by atomic mass is 35.5. The van der Waals surface area contributed by atoms with E-state index in [2.05, 4.69) is 58.3 Å². The molecule has 0 radical (unpaired) electrons. The molecule has 0 heterocycles. The highest BCUT2D eigenvalue weighted by Gasteiger charge is 2.71. The summed E-state index contributed by atoms with van der Waals surface area (Å²) in [4.78, 5) is 43.5. The number of halogens is 2. The number of aliphatic carboxylic acids is 1. The van der Waals surface area contributed by atoms with Crippen molar-refractivity contribution < 1.29 is 33.7 Å². The van der Waals surface area contributed by atoms with E-state index in [0.717, 1.165) is 63.5 Å². The minimum atomic E-state index is -1.19. The van der Waals surface area contributed by atoms with Crippen molar-refractivity contribution in [2.45, 2.75) is 145 Å². The third-order valence-electron chi connectivity index (χ3n) is 17.2. The third-order valence-corrected chi connectivity index (χ3v) is 17.5. The average Bonchev–Trinajstić information content (AvgIpc) is 3.43. The number of carbonyl (C=O) groups is 3. The van der Waals surface area contributed by atoms with Crippen molar-refractivity contribution >= 4 is 29.3 Å². The largest absolute Gasteiger partial charge is 0.481 e. The molecule has 4 saturated carbocycles. The first-order chi connectivity index (χ1) is 26.9. The highest BCUT2D eigenvalue weighted by molar-refractivity contribution is 6.30. The number of hydrogen-bond acceptors (Lipinski definition) is 7. The van der Waals surface area contributed by atoms with E-state index in [-0.39, 0.29) is 56.8 Å². The summed E-state index contributed by atoms with van der Waals surface area (Å²) in [6.07, 6.45) is 6.52. The Morgan fingerprint density at radius 2 is 1.66 bits per heavy atom. The molecule has 1 unspecified atom stereocenters. The molecule has 2 N–H and O–H groups in total. The van der Waals surface area contributed by atoms with Gasteiger partial charge in [-0.2, -0.15) is 0 Å². The number of rotatable bonds is 13. The molecular formula is C48H72ClFN2O6. The van der Waals surface area contributed by atoms with Crippen molar-refractivity contribution in [3.8, 4) is 0 Å². The predicted molar refractivity (Wildman–Crippen MR) is 227 cm³/mol. The van der Waals surface area contributed by atoms with Crippen molar-refractivity contribution in [3.05, 3.63) is 45.7 Å². The SMILES string of the molecule is CC(C)C1=C2[C@H]3CC[C@@H]4[C@@]5(C)CC[C@H](OC(=O)CC(C)(C)C(=O)O)C(C)(C)C5CC[C@@]4(C)[C@]3(C)CC[C@@]2([C@H](O)CN(CCN(C)C)Cc2cccc(Cl)c2F)CC1=O. The van der Waals surface area contributed by atoms with E-state index >= 15 is 4.39 Å². The first kappa shape index (κ1) is 45.2. The van der Waals surface area contributed by atoms with E-state index in [9.17, 15) is 24.6 Å². The molecule has 9 atom stereocenters. The second-order valence-corrected chi connectivity index (χ2v) is 22.2. The van der Waals surface area contributed by atoms with Gasteiger partial charge in [-0.1, -0.05) is 77.8 Å². The number of carbonyl (C=O) groups excluding carboxylic acids is 2. The minimum Gasteiger partial charge on any atom is -0.481 e. The molecule has 1 aromatic rings. The summed E-state index contributed by atoms with van der Waals surface area (Å²) >= 11 is 6.21. The van der Waals surface area contributed by atoms with Gasteiger partial charge in [-0.25, -0.2) is 4.39 Å². The maximum Gasteiger partial charge on any atom is 0.309 e. The quantitative estimate of drug-likeness (QED) is 0.190. The van der Waals surface area contributed by atoms with Crippen LogP contribution in [0.1, 0.15) is 132 Å². The lowest BCUT2D eigenvalue weighted by Crippen LogP contribution is -2.66. The van der Waals surface area contributed by atoms with Crippen molar-refractivity contribution in [3.63, 3.8) is 0 Å². The molecule has 0 aromatic heterocycles. The van der Waals surface area contributed by atoms with Gasteiger partial charge in [0.25, 0.3) is 0 Å². The number of hydrogen-bond donors (Lipinski definition) is 2. The fourth-order valence-electron chi connectivity index (χ4n) is 13.8. The van der Waals surface area contributed by atoms with Crippen LogP contribution in [0.5, 0.6) is 0 Å². The number of ether oxygens (including phenoxy) is 1. The number of likely N-dealkylation sites (N-methyl/N-ethyl adjacent to an activating group) is 1. The number of benzene rings is 1.